The molecule has 2 N–H and O–H groups in total. The Kier molecular flexibility index (Phi) is 3.93. The van der Waals surface area contributed by atoms with Crippen LogP contribution < -0.4 is 10.6 Å². The highest BCUT2D eigenvalue weighted by atomic mass is 16.5. The summed E-state index contributed by atoms with van der Waals surface area (Å²) in [5.74, 6) is 1.14. The number of aromatic nitrogens is 1. The maximum atomic E-state index is 11.5. The summed E-state index contributed by atoms with van der Waals surface area (Å²) in [5, 5.41) is 9.67. The van der Waals surface area contributed by atoms with Crippen LogP contribution in [0.15, 0.2) is 16.9 Å². The Hall–Kier alpha value is -1.36. The molecule has 1 saturated heterocycles. The van der Waals surface area contributed by atoms with E-state index in [-0.39, 0.29) is 5.91 Å². The summed E-state index contributed by atoms with van der Waals surface area (Å²) < 4.78 is 4.64. The number of nitrogens with one attached hydrogen (secondary N) is 2. The Morgan fingerprint density at radius 3 is 3.31 bits per heavy atom. The van der Waals surface area contributed by atoms with Crippen LogP contribution >= 0.6 is 0 Å². The number of amides is 1. The van der Waals surface area contributed by atoms with Crippen molar-refractivity contribution in [3.05, 3.63) is 12.3 Å². The standard InChI is InChI=1S/C11H17N3O2/c15-11(13-10-5-7-16-14-10)4-3-9-2-1-6-12-8-9/h5,7,9,12H,1-4,6,8H2,(H,13,14,15). The summed E-state index contributed by atoms with van der Waals surface area (Å²) in [7, 11) is 0. The van der Waals surface area contributed by atoms with E-state index < -0.39 is 0 Å². The largest absolute Gasteiger partial charge is 0.363 e. The Balaban J connectivity index is 1.67. The van der Waals surface area contributed by atoms with Gasteiger partial charge < -0.3 is 15.2 Å². The molecular weight excluding hydrogens is 206 g/mol. The molecule has 1 aliphatic rings. The van der Waals surface area contributed by atoms with E-state index in [0.29, 0.717) is 18.2 Å². The first-order valence-corrected chi connectivity index (χ1v) is 5.75. The van der Waals surface area contributed by atoms with E-state index in [2.05, 4.69) is 20.3 Å². The smallest absolute Gasteiger partial charge is 0.225 e. The molecule has 0 aliphatic carbocycles. The maximum absolute atomic E-state index is 11.5. The number of carbonyl (C=O) groups excluding carboxylic acids is 1. The highest BCUT2D eigenvalue weighted by Gasteiger charge is 2.14. The van der Waals surface area contributed by atoms with Gasteiger partial charge >= 0.3 is 0 Å². The normalized spacial score (nSPS) is 20.6. The van der Waals surface area contributed by atoms with Gasteiger partial charge in [0.15, 0.2) is 5.82 Å². The minimum Gasteiger partial charge on any atom is -0.363 e. The van der Waals surface area contributed by atoms with E-state index in [0.717, 1.165) is 19.5 Å². The van der Waals surface area contributed by atoms with E-state index in [4.69, 9.17) is 0 Å². The van der Waals surface area contributed by atoms with Gasteiger partial charge in [-0.05, 0) is 38.3 Å². The van der Waals surface area contributed by atoms with Crippen LogP contribution in [-0.2, 0) is 4.79 Å². The monoisotopic (exact) mass is 223 g/mol. The van der Waals surface area contributed by atoms with Crippen molar-refractivity contribution in [3.8, 4) is 0 Å². The molecule has 0 saturated carbocycles. The van der Waals surface area contributed by atoms with Crippen molar-refractivity contribution in [2.24, 2.45) is 5.92 Å². The van der Waals surface area contributed by atoms with Crippen LogP contribution in [0.5, 0.6) is 0 Å². The molecule has 1 aromatic rings. The number of carbonyl (C=O) groups is 1. The SMILES string of the molecule is O=C(CCC1CCCNC1)Nc1ccon1. The first-order chi connectivity index (χ1) is 7.84. The number of nitrogens with zero attached hydrogens (tertiary/aromatic N) is 1. The summed E-state index contributed by atoms with van der Waals surface area (Å²) in [6.07, 6.45) is 5.39. The topological polar surface area (TPSA) is 67.2 Å². The molecule has 1 aliphatic heterocycles. The van der Waals surface area contributed by atoms with E-state index in [1.165, 1.54) is 19.1 Å². The quantitative estimate of drug-likeness (QED) is 0.809. The molecule has 0 aromatic carbocycles. The Morgan fingerprint density at radius 1 is 1.69 bits per heavy atom. The Labute approximate surface area is 94.6 Å². The van der Waals surface area contributed by atoms with Gasteiger partial charge in [0.2, 0.25) is 5.91 Å². The molecule has 5 heteroatoms. The second kappa shape index (κ2) is 5.65. The zero-order valence-corrected chi connectivity index (χ0v) is 9.24. The Morgan fingerprint density at radius 2 is 2.62 bits per heavy atom. The fourth-order valence-electron chi connectivity index (χ4n) is 1.99. The van der Waals surface area contributed by atoms with Crippen LogP contribution in [0.3, 0.4) is 0 Å². The average molecular weight is 223 g/mol. The van der Waals surface area contributed by atoms with Crippen molar-refractivity contribution >= 4 is 11.7 Å². The van der Waals surface area contributed by atoms with Crippen LogP contribution in [0.2, 0.25) is 0 Å². The fraction of sp³-hybridized carbons (Fsp3) is 0.636. The summed E-state index contributed by atoms with van der Waals surface area (Å²) >= 11 is 0. The van der Waals surface area contributed by atoms with E-state index in [1.807, 2.05) is 0 Å². The van der Waals surface area contributed by atoms with E-state index >= 15 is 0 Å². The van der Waals surface area contributed by atoms with Crippen LogP contribution in [-0.4, -0.2) is 24.2 Å². The molecule has 0 radical (unpaired) electrons. The number of hydrogen-bond donors (Lipinski definition) is 2. The summed E-state index contributed by atoms with van der Waals surface area (Å²) in [6, 6.07) is 1.64. The van der Waals surface area contributed by atoms with Crippen LogP contribution in [0, 0.1) is 5.92 Å². The lowest BCUT2D eigenvalue weighted by Gasteiger charge is -2.22. The van der Waals surface area contributed by atoms with Crippen molar-refractivity contribution in [2.45, 2.75) is 25.7 Å². The minimum atomic E-state index is 0.0134. The zero-order chi connectivity index (χ0) is 11.2. The molecule has 5 nitrogen and oxygen atoms in total. The summed E-state index contributed by atoms with van der Waals surface area (Å²) in [6.45, 7) is 2.15. The second-order valence-electron chi connectivity index (χ2n) is 4.18. The summed E-state index contributed by atoms with van der Waals surface area (Å²) in [5.41, 5.74) is 0. The number of hydrogen-bond acceptors (Lipinski definition) is 4. The van der Waals surface area contributed by atoms with Gasteiger partial charge in [0.05, 0.1) is 0 Å². The van der Waals surface area contributed by atoms with Gasteiger partial charge in [0.1, 0.15) is 6.26 Å². The molecule has 1 aromatic heterocycles. The van der Waals surface area contributed by atoms with Gasteiger partial charge in [0, 0.05) is 12.5 Å². The predicted octanol–water partition coefficient (Wildman–Crippen LogP) is 1.39. The lowest BCUT2D eigenvalue weighted by Crippen LogP contribution is -2.30. The lowest BCUT2D eigenvalue weighted by atomic mass is 9.94. The number of piperidine rings is 1. The highest BCUT2D eigenvalue weighted by molar-refractivity contribution is 5.89. The van der Waals surface area contributed by atoms with Crippen molar-refractivity contribution in [1.29, 1.82) is 0 Å². The van der Waals surface area contributed by atoms with Gasteiger partial charge in [-0.3, -0.25) is 4.79 Å². The molecule has 1 amide bonds. The molecule has 2 heterocycles. The molecule has 1 atom stereocenters. The fourth-order valence-corrected chi connectivity index (χ4v) is 1.99. The summed E-state index contributed by atoms with van der Waals surface area (Å²) in [4.78, 5) is 11.5. The maximum Gasteiger partial charge on any atom is 0.225 e. The molecule has 16 heavy (non-hydrogen) atoms. The molecular formula is C11H17N3O2. The molecule has 1 fully saturated rings. The third kappa shape index (κ3) is 3.34. The molecule has 2 rings (SSSR count). The Bertz CT molecular complexity index is 318. The number of rotatable bonds is 4. The number of anilines is 1. The van der Waals surface area contributed by atoms with E-state index in [1.54, 1.807) is 6.07 Å². The molecule has 0 spiro atoms. The van der Waals surface area contributed by atoms with Gasteiger partial charge in [-0.15, -0.1) is 0 Å². The third-order valence-electron chi connectivity index (χ3n) is 2.88. The van der Waals surface area contributed by atoms with Gasteiger partial charge in [0.25, 0.3) is 0 Å². The highest BCUT2D eigenvalue weighted by Crippen LogP contribution is 2.16. The van der Waals surface area contributed by atoms with Gasteiger partial charge in [-0.2, -0.15) is 0 Å². The average Bonchev–Trinajstić information content (AvgIpc) is 2.81. The van der Waals surface area contributed by atoms with Crippen molar-refractivity contribution in [3.63, 3.8) is 0 Å². The van der Waals surface area contributed by atoms with Crippen LogP contribution in [0.1, 0.15) is 25.7 Å². The van der Waals surface area contributed by atoms with Crippen molar-refractivity contribution < 1.29 is 9.32 Å². The first kappa shape index (κ1) is 11.1. The lowest BCUT2D eigenvalue weighted by molar-refractivity contribution is -0.116. The van der Waals surface area contributed by atoms with E-state index in [9.17, 15) is 4.79 Å². The van der Waals surface area contributed by atoms with Gasteiger partial charge in [-0.1, -0.05) is 5.16 Å². The van der Waals surface area contributed by atoms with Crippen molar-refractivity contribution in [2.75, 3.05) is 18.4 Å². The molecule has 1 unspecified atom stereocenters. The minimum absolute atomic E-state index is 0.0134. The molecule has 0 bridgehead atoms. The third-order valence-corrected chi connectivity index (χ3v) is 2.88. The molecule has 88 valence electrons. The first-order valence-electron chi connectivity index (χ1n) is 5.75. The predicted molar refractivity (Wildman–Crippen MR) is 60.0 cm³/mol. The van der Waals surface area contributed by atoms with Crippen LogP contribution in [0.25, 0.3) is 0 Å². The zero-order valence-electron chi connectivity index (χ0n) is 9.24. The van der Waals surface area contributed by atoms with Gasteiger partial charge in [-0.25, -0.2) is 0 Å². The van der Waals surface area contributed by atoms with Crippen molar-refractivity contribution in [1.82, 2.24) is 10.5 Å². The van der Waals surface area contributed by atoms with Crippen LogP contribution in [0.4, 0.5) is 5.82 Å². The second-order valence-corrected chi connectivity index (χ2v) is 4.18.